The van der Waals surface area contributed by atoms with Crippen LogP contribution in [0.1, 0.15) is 19.7 Å². The molecule has 1 fully saturated rings. The molecule has 0 spiro atoms. The maximum absolute atomic E-state index is 9.88. The molecule has 0 unspecified atom stereocenters. The standard InChI is InChI=1S/C14H23ClN4O2/c1-14(2,20)10-18-4-6-19(7-5-18)13-8-11(15)16-12(17-13)9-21-3/h8,20H,4-7,9-10H2,1-3H3. The Hall–Kier alpha value is -0.950. The van der Waals surface area contributed by atoms with Crippen LogP contribution in [0.2, 0.25) is 5.15 Å². The number of β-amino-alcohol motifs (C(OH)–C–C–N with tert-alkyl or cyclic N) is 1. The molecule has 0 aliphatic carbocycles. The fourth-order valence-corrected chi connectivity index (χ4v) is 2.68. The number of ether oxygens (including phenoxy) is 1. The maximum atomic E-state index is 9.88. The summed E-state index contributed by atoms with van der Waals surface area (Å²) in [6.45, 7) is 8.20. The second-order valence-corrected chi connectivity index (χ2v) is 6.36. The molecule has 2 heterocycles. The predicted molar refractivity (Wildman–Crippen MR) is 82.7 cm³/mol. The van der Waals surface area contributed by atoms with Gasteiger partial charge in [-0.1, -0.05) is 11.6 Å². The van der Waals surface area contributed by atoms with Gasteiger partial charge in [0, 0.05) is 45.9 Å². The molecule has 0 aromatic carbocycles. The Kier molecular flexibility index (Phi) is 5.37. The van der Waals surface area contributed by atoms with Crippen molar-refractivity contribution in [2.45, 2.75) is 26.1 Å². The normalized spacial score (nSPS) is 17.3. The van der Waals surface area contributed by atoms with Crippen LogP contribution in [-0.2, 0) is 11.3 Å². The summed E-state index contributed by atoms with van der Waals surface area (Å²) in [5.41, 5.74) is -0.661. The Morgan fingerprint density at radius 2 is 1.95 bits per heavy atom. The summed E-state index contributed by atoms with van der Waals surface area (Å²) in [6, 6.07) is 1.78. The van der Waals surface area contributed by atoms with Crippen molar-refractivity contribution in [1.82, 2.24) is 14.9 Å². The molecule has 1 aromatic heterocycles. The first-order valence-corrected chi connectivity index (χ1v) is 7.47. The van der Waals surface area contributed by atoms with E-state index >= 15 is 0 Å². The van der Waals surface area contributed by atoms with E-state index in [1.807, 2.05) is 13.8 Å². The number of hydrogen-bond donors (Lipinski definition) is 1. The van der Waals surface area contributed by atoms with Crippen molar-refractivity contribution in [3.63, 3.8) is 0 Å². The van der Waals surface area contributed by atoms with E-state index in [9.17, 15) is 5.11 Å². The molecule has 0 atom stereocenters. The zero-order valence-electron chi connectivity index (χ0n) is 12.8. The molecule has 1 aromatic rings. The van der Waals surface area contributed by atoms with E-state index < -0.39 is 5.60 Å². The van der Waals surface area contributed by atoms with Gasteiger partial charge in [-0.25, -0.2) is 9.97 Å². The van der Waals surface area contributed by atoms with E-state index in [0.29, 0.717) is 24.1 Å². The third-order valence-corrected chi connectivity index (χ3v) is 3.50. The SMILES string of the molecule is COCc1nc(Cl)cc(N2CCN(CC(C)(C)O)CC2)n1. The maximum Gasteiger partial charge on any atom is 0.158 e. The van der Waals surface area contributed by atoms with Gasteiger partial charge in [0.05, 0.1) is 5.60 Å². The van der Waals surface area contributed by atoms with Gasteiger partial charge in [-0.3, -0.25) is 4.90 Å². The van der Waals surface area contributed by atoms with Crippen molar-refractivity contribution < 1.29 is 9.84 Å². The quantitative estimate of drug-likeness (QED) is 0.823. The molecule has 0 bridgehead atoms. The largest absolute Gasteiger partial charge is 0.389 e. The number of nitrogens with zero attached hydrogens (tertiary/aromatic N) is 4. The molecule has 118 valence electrons. The fraction of sp³-hybridized carbons (Fsp3) is 0.714. The lowest BCUT2D eigenvalue weighted by Gasteiger charge is -2.37. The fourth-order valence-electron chi connectivity index (χ4n) is 2.49. The zero-order valence-corrected chi connectivity index (χ0v) is 13.6. The van der Waals surface area contributed by atoms with Crippen molar-refractivity contribution in [1.29, 1.82) is 0 Å². The number of hydrogen-bond acceptors (Lipinski definition) is 6. The highest BCUT2D eigenvalue weighted by Gasteiger charge is 2.23. The minimum atomic E-state index is -0.661. The number of methoxy groups -OCH3 is 1. The van der Waals surface area contributed by atoms with Crippen LogP contribution in [0.15, 0.2) is 6.07 Å². The van der Waals surface area contributed by atoms with Crippen molar-refractivity contribution in [3.8, 4) is 0 Å². The molecular formula is C14H23ClN4O2. The Morgan fingerprint density at radius 3 is 2.52 bits per heavy atom. The van der Waals surface area contributed by atoms with Crippen LogP contribution in [0.4, 0.5) is 5.82 Å². The van der Waals surface area contributed by atoms with Crippen molar-refractivity contribution in [2.24, 2.45) is 0 Å². The van der Waals surface area contributed by atoms with E-state index in [1.54, 1.807) is 13.2 Å². The minimum Gasteiger partial charge on any atom is -0.389 e. The van der Waals surface area contributed by atoms with Gasteiger partial charge in [0.25, 0.3) is 0 Å². The van der Waals surface area contributed by atoms with E-state index in [2.05, 4.69) is 19.8 Å². The summed E-state index contributed by atoms with van der Waals surface area (Å²) in [7, 11) is 1.61. The van der Waals surface area contributed by atoms with E-state index in [-0.39, 0.29) is 0 Å². The number of aromatic nitrogens is 2. The molecule has 1 aliphatic rings. The first kappa shape index (κ1) is 16.4. The summed E-state index contributed by atoms with van der Waals surface area (Å²) >= 11 is 6.04. The van der Waals surface area contributed by atoms with Crippen LogP contribution < -0.4 is 4.90 Å². The Labute approximate surface area is 130 Å². The predicted octanol–water partition coefficient (Wildman–Crippen LogP) is 1.17. The van der Waals surface area contributed by atoms with Gasteiger partial charge < -0.3 is 14.7 Å². The van der Waals surface area contributed by atoms with Gasteiger partial charge in [-0.05, 0) is 13.8 Å². The van der Waals surface area contributed by atoms with Crippen LogP contribution in [0.3, 0.4) is 0 Å². The van der Waals surface area contributed by atoms with E-state index in [0.717, 1.165) is 32.0 Å². The molecule has 21 heavy (non-hydrogen) atoms. The second-order valence-electron chi connectivity index (χ2n) is 5.97. The van der Waals surface area contributed by atoms with Gasteiger partial charge in [0.15, 0.2) is 5.82 Å². The molecular weight excluding hydrogens is 292 g/mol. The number of piperazine rings is 1. The number of anilines is 1. The van der Waals surface area contributed by atoms with Crippen LogP contribution in [0, 0.1) is 0 Å². The number of rotatable bonds is 5. The summed E-state index contributed by atoms with van der Waals surface area (Å²) in [6.07, 6.45) is 0. The van der Waals surface area contributed by atoms with Crippen LogP contribution >= 0.6 is 11.6 Å². The Morgan fingerprint density at radius 1 is 1.29 bits per heavy atom. The highest BCUT2D eigenvalue weighted by Crippen LogP contribution is 2.19. The average Bonchev–Trinajstić information content (AvgIpc) is 2.37. The molecule has 2 rings (SSSR count). The average molecular weight is 315 g/mol. The van der Waals surface area contributed by atoms with Gasteiger partial charge in [0.2, 0.25) is 0 Å². The lowest BCUT2D eigenvalue weighted by molar-refractivity contribution is 0.0344. The molecule has 1 saturated heterocycles. The van der Waals surface area contributed by atoms with Crippen LogP contribution in [-0.4, -0.2) is 65.4 Å². The summed E-state index contributed by atoms with van der Waals surface area (Å²) < 4.78 is 5.06. The summed E-state index contributed by atoms with van der Waals surface area (Å²) in [4.78, 5) is 13.1. The molecule has 0 amide bonds. The molecule has 0 radical (unpaired) electrons. The smallest absolute Gasteiger partial charge is 0.158 e. The third kappa shape index (κ3) is 5.07. The topological polar surface area (TPSA) is 61.7 Å². The van der Waals surface area contributed by atoms with Gasteiger partial charge >= 0.3 is 0 Å². The van der Waals surface area contributed by atoms with Crippen LogP contribution in [0.25, 0.3) is 0 Å². The lowest BCUT2D eigenvalue weighted by atomic mass is 10.1. The van der Waals surface area contributed by atoms with Crippen molar-refractivity contribution in [3.05, 3.63) is 17.0 Å². The highest BCUT2D eigenvalue weighted by atomic mass is 35.5. The third-order valence-electron chi connectivity index (χ3n) is 3.31. The first-order valence-electron chi connectivity index (χ1n) is 7.09. The van der Waals surface area contributed by atoms with E-state index in [1.165, 1.54) is 0 Å². The van der Waals surface area contributed by atoms with E-state index in [4.69, 9.17) is 16.3 Å². The molecule has 0 saturated carbocycles. The summed E-state index contributed by atoms with van der Waals surface area (Å²) in [5, 5.41) is 10.3. The lowest BCUT2D eigenvalue weighted by Crippen LogP contribution is -2.50. The monoisotopic (exact) mass is 314 g/mol. The Balaban J connectivity index is 1.98. The van der Waals surface area contributed by atoms with Crippen molar-refractivity contribution in [2.75, 3.05) is 44.7 Å². The minimum absolute atomic E-state index is 0.353. The molecule has 7 heteroatoms. The van der Waals surface area contributed by atoms with Crippen LogP contribution in [0.5, 0.6) is 0 Å². The molecule has 6 nitrogen and oxygen atoms in total. The van der Waals surface area contributed by atoms with Crippen molar-refractivity contribution >= 4 is 17.4 Å². The summed E-state index contributed by atoms with van der Waals surface area (Å²) in [5.74, 6) is 1.43. The number of halogens is 1. The highest BCUT2D eigenvalue weighted by molar-refractivity contribution is 6.29. The zero-order chi connectivity index (χ0) is 15.5. The molecule has 1 N–H and O–H groups in total. The molecule has 1 aliphatic heterocycles. The second kappa shape index (κ2) is 6.87. The Bertz CT molecular complexity index is 471. The first-order chi connectivity index (χ1) is 9.87. The van der Waals surface area contributed by atoms with Gasteiger partial charge in [0.1, 0.15) is 17.6 Å². The number of aliphatic hydroxyl groups is 1. The van der Waals surface area contributed by atoms with Gasteiger partial charge in [-0.15, -0.1) is 0 Å². The van der Waals surface area contributed by atoms with Gasteiger partial charge in [-0.2, -0.15) is 0 Å².